The van der Waals surface area contributed by atoms with E-state index in [1.54, 1.807) is 0 Å². The lowest BCUT2D eigenvalue weighted by Gasteiger charge is -2.38. The van der Waals surface area contributed by atoms with E-state index in [1.807, 2.05) is 30.3 Å². The van der Waals surface area contributed by atoms with Crippen molar-refractivity contribution in [1.82, 2.24) is 4.90 Å². The van der Waals surface area contributed by atoms with Crippen LogP contribution in [0.25, 0.3) is 0 Å². The fraction of sp³-hybridized carbons (Fsp3) is 0.632. The van der Waals surface area contributed by atoms with Crippen molar-refractivity contribution in [3.63, 3.8) is 0 Å². The van der Waals surface area contributed by atoms with Crippen LogP contribution >= 0.6 is 0 Å². The van der Waals surface area contributed by atoms with Gasteiger partial charge in [-0.15, -0.1) is 0 Å². The molecular formula is C19H29NO. The van der Waals surface area contributed by atoms with Gasteiger partial charge in [-0.1, -0.05) is 51.1 Å². The van der Waals surface area contributed by atoms with Crippen LogP contribution in [0.2, 0.25) is 0 Å². The van der Waals surface area contributed by atoms with E-state index in [2.05, 4.69) is 25.7 Å². The van der Waals surface area contributed by atoms with E-state index in [0.717, 1.165) is 24.4 Å². The Kier molecular flexibility index (Phi) is 5.58. The van der Waals surface area contributed by atoms with Crippen LogP contribution < -0.4 is 0 Å². The first-order chi connectivity index (χ1) is 9.97. The van der Waals surface area contributed by atoms with Gasteiger partial charge in [0.1, 0.15) is 0 Å². The molecule has 1 saturated heterocycles. The summed E-state index contributed by atoms with van der Waals surface area (Å²) in [5.41, 5.74) is 1.29. The number of Topliss-reactive ketones (excluding diaryl/α,β-unsaturated/α-hetero) is 1. The van der Waals surface area contributed by atoms with Crippen molar-refractivity contribution >= 4 is 5.78 Å². The number of hydrogen-bond donors (Lipinski definition) is 0. The van der Waals surface area contributed by atoms with Gasteiger partial charge in [0, 0.05) is 12.0 Å². The third-order valence-corrected chi connectivity index (χ3v) is 4.79. The maximum absolute atomic E-state index is 12.1. The van der Waals surface area contributed by atoms with E-state index >= 15 is 0 Å². The number of carbonyl (C=O) groups excluding carboxylic acids is 1. The average Bonchev–Trinajstić information content (AvgIpc) is 2.47. The minimum Gasteiger partial charge on any atom is -0.303 e. The van der Waals surface area contributed by atoms with E-state index in [1.165, 1.54) is 25.9 Å². The molecule has 116 valence electrons. The van der Waals surface area contributed by atoms with E-state index in [0.29, 0.717) is 11.8 Å². The molecule has 0 aliphatic carbocycles. The molecule has 1 aliphatic heterocycles. The second-order valence-corrected chi connectivity index (χ2v) is 7.37. The van der Waals surface area contributed by atoms with Crippen molar-refractivity contribution in [2.75, 3.05) is 19.6 Å². The lowest BCUT2D eigenvalue weighted by molar-refractivity contribution is 0.0949. The molecule has 2 heteroatoms. The fourth-order valence-electron chi connectivity index (χ4n) is 3.25. The van der Waals surface area contributed by atoms with Crippen molar-refractivity contribution in [3.8, 4) is 0 Å². The number of likely N-dealkylation sites (tertiary alicyclic amines) is 1. The summed E-state index contributed by atoms with van der Waals surface area (Å²) in [7, 11) is 0. The van der Waals surface area contributed by atoms with E-state index in [4.69, 9.17) is 0 Å². The maximum Gasteiger partial charge on any atom is 0.162 e. The van der Waals surface area contributed by atoms with Crippen LogP contribution in [0.15, 0.2) is 30.3 Å². The van der Waals surface area contributed by atoms with Gasteiger partial charge < -0.3 is 4.90 Å². The number of rotatable bonds is 5. The second-order valence-electron chi connectivity index (χ2n) is 7.37. The van der Waals surface area contributed by atoms with Gasteiger partial charge >= 0.3 is 0 Å². The van der Waals surface area contributed by atoms with Crippen molar-refractivity contribution in [3.05, 3.63) is 35.9 Å². The van der Waals surface area contributed by atoms with Gasteiger partial charge in [-0.25, -0.2) is 0 Å². The molecule has 1 fully saturated rings. The fourth-order valence-corrected chi connectivity index (χ4v) is 3.25. The van der Waals surface area contributed by atoms with Crippen LogP contribution in [0.4, 0.5) is 0 Å². The third-order valence-electron chi connectivity index (χ3n) is 4.79. The predicted molar refractivity (Wildman–Crippen MR) is 88.6 cm³/mol. The van der Waals surface area contributed by atoms with Crippen LogP contribution in [0.3, 0.4) is 0 Å². The number of carbonyl (C=O) groups is 1. The van der Waals surface area contributed by atoms with Crippen LogP contribution in [0.5, 0.6) is 0 Å². The Morgan fingerprint density at radius 3 is 2.33 bits per heavy atom. The van der Waals surface area contributed by atoms with Gasteiger partial charge in [0.25, 0.3) is 0 Å². The summed E-state index contributed by atoms with van der Waals surface area (Å²) in [5, 5.41) is 0. The van der Waals surface area contributed by atoms with Crippen molar-refractivity contribution in [2.45, 2.75) is 46.5 Å². The number of nitrogens with zero attached hydrogens (tertiary/aromatic N) is 1. The van der Waals surface area contributed by atoms with Crippen LogP contribution in [-0.2, 0) is 0 Å². The zero-order valence-electron chi connectivity index (χ0n) is 13.8. The van der Waals surface area contributed by atoms with Crippen molar-refractivity contribution < 1.29 is 4.79 Å². The molecule has 1 aromatic carbocycles. The molecule has 0 bridgehead atoms. The Morgan fingerprint density at radius 1 is 1.14 bits per heavy atom. The Labute approximate surface area is 129 Å². The zero-order chi connectivity index (χ0) is 15.3. The molecule has 1 heterocycles. The highest BCUT2D eigenvalue weighted by molar-refractivity contribution is 5.95. The quantitative estimate of drug-likeness (QED) is 0.748. The molecular weight excluding hydrogens is 258 g/mol. The lowest BCUT2D eigenvalue weighted by Crippen LogP contribution is -2.38. The van der Waals surface area contributed by atoms with Crippen molar-refractivity contribution in [2.24, 2.45) is 11.3 Å². The monoisotopic (exact) mass is 287 g/mol. The topological polar surface area (TPSA) is 20.3 Å². The molecule has 0 unspecified atom stereocenters. The van der Waals surface area contributed by atoms with Crippen LogP contribution in [0, 0.1) is 11.3 Å². The Bertz CT molecular complexity index is 438. The molecule has 21 heavy (non-hydrogen) atoms. The molecule has 0 radical (unpaired) electrons. The van der Waals surface area contributed by atoms with Gasteiger partial charge in [-0.05, 0) is 50.2 Å². The number of hydrogen-bond acceptors (Lipinski definition) is 2. The predicted octanol–water partition coefficient (Wildman–Crippen LogP) is 4.41. The minimum atomic E-state index is 0.278. The van der Waals surface area contributed by atoms with Crippen molar-refractivity contribution in [1.29, 1.82) is 0 Å². The standard InChI is InChI=1S/C19H29NO/c1-19(2,3)17-11-14-20(15-12-17)13-7-10-18(21)16-8-5-4-6-9-16/h4-6,8-9,17H,7,10-15H2,1-3H3. The Morgan fingerprint density at radius 2 is 1.76 bits per heavy atom. The number of piperidine rings is 1. The van der Waals surface area contributed by atoms with E-state index in [9.17, 15) is 4.79 Å². The van der Waals surface area contributed by atoms with Gasteiger partial charge in [0.05, 0.1) is 0 Å². The molecule has 2 nitrogen and oxygen atoms in total. The van der Waals surface area contributed by atoms with Crippen LogP contribution in [-0.4, -0.2) is 30.3 Å². The first kappa shape index (κ1) is 16.2. The molecule has 2 rings (SSSR count). The summed E-state index contributed by atoms with van der Waals surface area (Å²) >= 11 is 0. The summed E-state index contributed by atoms with van der Waals surface area (Å²) in [5.74, 6) is 1.12. The first-order valence-electron chi connectivity index (χ1n) is 8.27. The highest BCUT2D eigenvalue weighted by Gasteiger charge is 2.28. The zero-order valence-corrected chi connectivity index (χ0v) is 13.8. The van der Waals surface area contributed by atoms with Gasteiger partial charge in [0.2, 0.25) is 0 Å². The molecule has 0 saturated carbocycles. The van der Waals surface area contributed by atoms with Gasteiger partial charge in [-0.2, -0.15) is 0 Å². The Hall–Kier alpha value is -1.15. The first-order valence-corrected chi connectivity index (χ1v) is 8.27. The summed E-state index contributed by atoms with van der Waals surface area (Å²) in [6.45, 7) is 10.5. The summed E-state index contributed by atoms with van der Waals surface area (Å²) in [6.07, 6.45) is 4.25. The SMILES string of the molecule is CC(C)(C)C1CCN(CCCC(=O)c2ccccc2)CC1. The maximum atomic E-state index is 12.1. The number of benzene rings is 1. The summed E-state index contributed by atoms with van der Waals surface area (Å²) < 4.78 is 0. The molecule has 0 aromatic heterocycles. The molecule has 1 aromatic rings. The van der Waals surface area contributed by atoms with Gasteiger partial charge in [0.15, 0.2) is 5.78 Å². The number of ketones is 1. The normalized spacial score (nSPS) is 17.9. The minimum absolute atomic E-state index is 0.278. The highest BCUT2D eigenvalue weighted by Crippen LogP contribution is 2.34. The molecule has 0 amide bonds. The van der Waals surface area contributed by atoms with Crippen LogP contribution in [0.1, 0.15) is 56.8 Å². The highest BCUT2D eigenvalue weighted by atomic mass is 16.1. The Balaban J connectivity index is 1.68. The van der Waals surface area contributed by atoms with E-state index in [-0.39, 0.29) is 5.78 Å². The molecule has 1 aliphatic rings. The average molecular weight is 287 g/mol. The summed E-state index contributed by atoms with van der Waals surface area (Å²) in [6, 6.07) is 9.65. The lowest BCUT2D eigenvalue weighted by atomic mass is 9.75. The molecule has 0 N–H and O–H groups in total. The van der Waals surface area contributed by atoms with E-state index < -0.39 is 0 Å². The third kappa shape index (κ3) is 4.96. The molecule has 0 atom stereocenters. The van der Waals surface area contributed by atoms with Gasteiger partial charge in [-0.3, -0.25) is 4.79 Å². The second kappa shape index (κ2) is 7.22. The largest absolute Gasteiger partial charge is 0.303 e. The smallest absolute Gasteiger partial charge is 0.162 e. The summed E-state index contributed by atoms with van der Waals surface area (Å²) in [4.78, 5) is 14.6. The molecule has 0 spiro atoms.